The third kappa shape index (κ3) is 3.83. The number of carboxylic acids is 1. The van der Waals surface area contributed by atoms with Crippen molar-refractivity contribution < 1.29 is 9.90 Å². The van der Waals surface area contributed by atoms with Crippen molar-refractivity contribution in [2.24, 2.45) is 5.92 Å². The summed E-state index contributed by atoms with van der Waals surface area (Å²) < 4.78 is 0. The molecule has 0 amide bonds. The number of halogens is 1. The zero-order chi connectivity index (χ0) is 7.56. The Bertz CT molecular complexity index is 140. The number of aliphatic carboxylic acids is 1. The minimum atomic E-state index is -0.635. The fourth-order valence-electron chi connectivity index (χ4n) is 1.35. The van der Waals surface area contributed by atoms with Crippen LogP contribution in [0.4, 0.5) is 0 Å². The van der Waals surface area contributed by atoms with Crippen molar-refractivity contribution in [3.8, 4) is 0 Å². The molecule has 0 aromatic heterocycles. The van der Waals surface area contributed by atoms with Gasteiger partial charge in [0.1, 0.15) is 0 Å². The van der Waals surface area contributed by atoms with E-state index in [0.29, 0.717) is 4.83 Å². The number of hydrogen-bond donors (Lipinski definition) is 1. The maximum Gasteiger partial charge on any atom is 0.306 e. The summed E-state index contributed by atoms with van der Waals surface area (Å²) in [5.41, 5.74) is 0. The Balaban J connectivity index is 0.000001000. The summed E-state index contributed by atoms with van der Waals surface area (Å²) in [7, 11) is 0. The van der Waals surface area contributed by atoms with E-state index < -0.39 is 5.97 Å². The molecule has 3 radical (unpaired) electrons. The second-order valence-electron chi connectivity index (χ2n) is 2.80. The molecule has 0 aliphatic heterocycles. The first-order chi connectivity index (χ1) is 4.70. The maximum atomic E-state index is 10.5. The molecule has 0 aromatic carbocycles. The quantitative estimate of drug-likeness (QED) is 0.746. The first-order valence-electron chi connectivity index (χ1n) is 3.57. The average Bonchev–Trinajstić information content (AvgIpc) is 1.88. The fourth-order valence-corrected chi connectivity index (χ4v) is 2.13. The van der Waals surface area contributed by atoms with Crippen LogP contribution in [0.5, 0.6) is 0 Å². The summed E-state index contributed by atoms with van der Waals surface area (Å²) in [4.78, 5) is 10.9. The van der Waals surface area contributed by atoms with Gasteiger partial charge < -0.3 is 5.11 Å². The van der Waals surface area contributed by atoms with Gasteiger partial charge in [-0.2, -0.15) is 0 Å². The molecule has 0 heterocycles. The van der Waals surface area contributed by atoms with Crippen LogP contribution in [-0.4, -0.2) is 41.7 Å². The molecule has 2 atom stereocenters. The van der Waals surface area contributed by atoms with Gasteiger partial charge in [0, 0.05) is 30.7 Å². The molecular weight excluding hydrogens is 311 g/mol. The topological polar surface area (TPSA) is 37.3 Å². The fraction of sp³-hybridized carbons (Fsp3) is 0.857. The van der Waals surface area contributed by atoms with E-state index in [-0.39, 0.29) is 31.8 Å². The monoisotopic (exact) mass is 321 g/mol. The minimum absolute atomic E-state index is 0. The summed E-state index contributed by atoms with van der Waals surface area (Å²) in [5, 5.41) is 8.64. The molecule has 2 nitrogen and oxygen atoms in total. The standard InChI is InChI=1S/C7H11BrO2.In/c8-6-3-1-2-5(4-6)7(9)10;/h5-6H,1-4H2,(H,9,10);. The molecule has 1 N–H and O–H groups in total. The zero-order valence-electron chi connectivity index (χ0n) is 6.29. The normalized spacial score (nSPS) is 30.6. The summed E-state index contributed by atoms with van der Waals surface area (Å²) >= 11 is 3.43. The Kier molecular flexibility index (Phi) is 5.87. The molecule has 11 heavy (non-hydrogen) atoms. The molecule has 4 heteroatoms. The summed E-state index contributed by atoms with van der Waals surface area (Å²) in [5.74, 6) is -0.734. The number of carboxylic acid groups (broad SMARTS) is 1. The van der Waals surface area contributed by atoms with Gasteiger partial charge in [-0.05, 0) is 19.3 Å². The molecule has 2 unspecified atom stereocenters. The molecule has 0 spiro atoms. The van der Waals surface area contributed by atoms with Crippen LogP contribution in [0, 0.1) is 5.92 Å². The predicted octanol–water partition coefficient (Wildman–Crippen LogP) is 1.64. The van der Waals surface area contributed by atoms with E-state index in [1.54, 1.807) is 0 Å². The van der Waals surface area contributed by atoms with E-state index in [0.717, 1.165) is 25.7 Å². The van der Waals surface area contributed by atoms with Gasteiger partial charge in [0.25, 0.3) is 0 Å². The third-order valence-corrected chi connectivity index (χ3v) is 2.79. The summed E-state index contributed by atoms with van der Waals surface area (Å²) in [6.07, 6.45) is 3.84. The zero-order valence-corrected chi connectivity index (χ0v) is 11.2. The van der Waals surface area contributed by atoms with E-state index in [1.165, 1.54) is 0 Å². The van der Waals surface area contributed by atoms with Gasteiger partial charge in [-0.3, -0.25) is 4.79 Å². The van der Waals surface area contributed by atoms with Gasteiger partial charge in [0.05, 0.1) is 5.92 Å². The maximum absolute atomic E-state index is 10.5. The molecule has 1 fully saturated rings. The van der Waals surface area contributed by atoms with Gasteiger partial charge >= 0.3 is 5.97 Å². The molecule has 1 saturated carbocycles. The SMILES string of the molecule is O=C(O)C1CCCC(Br)C1.[In]. The van der Waals surface area contributed by atoms with E-state index in [2.05, 4.69) is 15.9 Å². The van der Waals surface area contributed by atoms with Crippen molar-refractivity contribution in [3.63, 3.8) is 0 Å². The first-order valence-corrected chi connectivity index (χ1v) is 4.48. The van der Waals surface area contributed by atoms with Crippen molar-refractivity contribution in [2.75, 3.05) is 0 Å². The van der Waals surface area contributed by atoms with Crippen LogP contribution in [0.2, 0.25) is 0 Å². The molecule has 1 aliphatic rings. The molecular formula is C7H11BrInO2. The van der Waals surface area contributed by atoms with Crippen LogP contribution >= 0.6 is 15.9 Å². The van der Waals surface area contributed by atoms with Crippen LogP contribution in [0.3, 0.4) is 0 Å². The van der Waals surface area contributed by atoms with Crippen LogP contribution in [0.1, 0.15) is 25.7 Å². The van der Waals surface area contributed by atoms with Crippen LogP contribution < -0.4 is 0 Å². The van der Waals surface area contributed by atoms with Gasteiger partial charge in [-0.1, -0.05) is 22.4 Å². The van der Waals surface area contributed by atoms with Crippen molar-refractivity contribution >= 4 is 47.7 Å². The van der Waals surface area contributed by atoms with Gasteiger partial charge in [-0.25, -0.2) is 0 Å². The van der Waals surface area contributed by atoms with E-state index >= 15 is 0 Å². The van der Waals surface area contributed by atoms with Crippen molar-refractivity contribution in [1.82, 2.24) is 0 Å². The molecule has 0 bridgehead atoms. The Morgan fingerprint density at radius 2 is 2.09 bits per heavy atom. The Hall–Kier alpha value is 0.820. The predicted molar refractivity (Wildman–Crippen MR) is 48.1 cm³/mol. The minimum Gasteiger partial charge on any atom is -0.481 e. The van der Waals surface area contributed by atoms with E-state index in [9.17, 15) is 4.79 Å². The second-order valence-corrected chi connectivity index (χ2v) is 4.09. The third-order valence-electron chi connectivity index (χ3n) is 1.96. The number of alkyl halides is 1. The number of carbonyl (C=O) groups is 1. The number of hydrogen-bond acceptors (Lipinski definition) is 1. The van der Waals surface area contributed by atoms with Gasteiger partial charge in [0.15, 0.2) is 0 Å². The average molecular weight is 322 g/mol. The molecule has 0 saturated heterocycles. The van der Waals surface area contributed by atoms with Gasteiger partial charge in [-0.15, -0.1) is 0 Å². The summed E-state index contributed by atoms with van der Waals surface area (Å²) in [6, 6.07) is 0. The van der Waals surface area contributed by atoms with Crippen LogP contribution in [0.15, 0.2) is 0 Å². The van der Waals surface area contributed by atoms with Crippen molar-refractivity contribution in [3.05, 3.63) is 0 Å². The molecule has 0 aromatic rings. The van der Waals surface area contributed by atoms with E-state index in [4.69, 9.17) is 5.11 Å². The molecule has 1 rings (SSSR count). The smallest absolute Gasteiger partial charge is 0.306 e. The van der Waals surface area contributed by atoms with E-state index in [1.807, 2.05) is 0 Å². The largest absolute Gasteiger partial charge is 0.481 e. The van der Waals surface area contributed by atoms with Crippen LogP contribution in [-0.2, 0) is 4.79 Å². The van der Waals surface area contributed by atoms with Crippen LogP contribution in [0.25, 0.3) is 0 Å². The second kappa shape index (κ2) is 5.46. The molecule has 61 valence electrons. The molecule has 1 aliphatic carbocycles. The Morgan fingerprint density at radius 3 is 2.45 bits per heavy atom. The van der Waals surface area contributed by atoms with Crippen molar-refractivity contribution in [2.45, 2.75) is 30.5 Å². The number of rotatable bonds is 1. The van der Waals surface area contributed by atoms with Crippen molar-refractivity contribution in [1.29, 1.82) is 0 Å². The van der Waals surface area contributed by atoms with Gasteiger partial charge in [0.2, 0.25) is 0 Å². The Labute approximate surface area is 93.7 Å². The Morgan fingerprint density at radius 1 is 1.45 bits per heavy atom. The summed E-state index contributed by atoms with van der Waals surface area (Å²) in [6.45, 7) is 0. The first kappa shape index (κ1) is 11.8.